The Morgan fingerprint density at radius 3 is 2.50 bits per heavy atom. The summed E-state index contributed by atoms with van der Waals surface area (Å²) in [4.78, 5) is 23.6. The zero-order valence-electron chi connectivity index (χ0n) is 13.9. The highest BCUT2D eigenvalue weighted by molar-refractivity contribution is 5.95. The molecule has 2 N–H and O–H groups in total. The third kappa shape index (κ3) is 5.76. The van der Waals surface area contributed by atoms with Crippen LogP contribution in [0, 0.1) is 5.92 Å². The Morgan fingerprint density at radius 1 is 1.18 bits per heavy atom. The van der Waals surface area contributed by atoms with Crippen LogP contribution >= 0.6 is 0 Å². The van der Waals surface area contributed by atoms with Crippen LogP contribution in [0.3, 0.4) is 0 Å². The number of carbonyl (C=O) groups is 2. The van der Waals surface area contributed by atoms with E-state index in [0.29, 0.717) is 23.5 Å². The van der Waals surface area contributed by atoms with Gasteiger partial charge in [0.2, 0.25) is 11.8 Å². The van der Waals surface area contributed by atoms with E-state index in [1.807, 2.05) is 13.8 Å². The maximum absolute atomic E-state index is 11.8. The van der Waals surface area contributed by atoms with Crippen LogP contribution in [0.25, 0.3) is 0 Å². The molecule has 1 aromatic carbocycles. The predicted octanol–water partition coefficient (Wildman–Crippen LogP) is 3.81. The van der Waals surface area contributed by atoms with Crippen molar-refractivity contribution in [3.05, 3.63) is 18.2 Å². The Bertz CT molecular complexity index is 513. The van der Waals surface area contributed by atoms with E-state index in [1.54, 1.807) is 18.2 Å². The minimum atomic E-state index is -0.109. The maximum atomic E-state index is 11.8. The summed E-state index contributed by atoms with van der Waals surface area (Å²) in [6.07, 6.45) is 3.55. The largest absolute Gasteiger partial charge is 0.494 e. The SMILES string of the molecule is CCCCCC(=O)Nc1ccc(NC(=O)C(C)C)c(OC)c1. The van der Waals surface area contributed by atoms with Crippen LogP contribution in [0.1, 0.15) is 46.5 Å². The first-order valence-corrected chi connectivity index (χ1v) is 7.76. The average Bonchev–Trinajstić information content (AvgIpc) is 2.48. The fraction of sp³-hybridized carbons (Fsp3) is 0.529. The van der Waals surface area contributed by atoms with E-state index >= 15 is 0 Å². The van der Waals surface area contributed by atoms with Gasteiger partial charge in [0.1, 0.15) is 5.75 Å². The molecule has 2 amide bonds. The molecule has 22 heavy (non-hydrogen) atoms. The molecule has 0 aromatic heterocycles. The van der Waals surface area contributed by atoms with Crippen molar-refractivity contribution in [1.82, 2.24) is 0 Å². The second-order valence-electron chi connectivity index (χ2n) is 5.56. The van der Waals surface area contributed by atoms with Crippen LogP contribution in [0.5, 0.6) is 5.75 Å². The quantitative estimate of drug-likeness (QED) is 0.718. The van der Waals surface area contributed by atoms with Gasteiger partial charge in [0.15, 0.2) is 0 Å². The third-order valence-electron chi connectivity index (χ3n) is 3.27. The molecular formula is C17H26N2O3. The first-order chi connectivity index (χ1) is 10.5. The number of hydrogen-bond donors (Lipinski definition) is 2. The Balaban J connectivity index is 2.71. The molecule has 5 heteroatoms. The maximum Gasteiger partial charge on any atom is 0.227 e. The van der Waals surface area contributed by atoms with Gasteiger partial charge >= 0.3 is 0 Å². The molecule has 0 aliphatic carbocycles. The van der Waals surface area contributed by atoms with Gasteiger partial charge in [0, 0.05) is 24.1 Å². The number of rotatable bonds is 8. The average molecular weight is 306 g/mol. The predicted molar refractivity (Wildman–Crippen MR) is 89.2 cm³/mol. The van der Waals surface area contributed by atoms with Gasteiger partial charge in [-0.1, -0.05) is 33.6 Å². The summed E-state index contributed by atoms with van der Waals surface area (Å²) in [6.45, 7) is 5.76. The van der Waals surface area contributed by atoms with Crippen LogP contribution in [-0.2, 0) is 9.59 Å². The Hall–Kier alpha value is -2.04. The van der Waals surface area contributed by atoms with Crippen LogP contribution in [0.2, 0.25) is 0 Å². The van der Waals surface area contributed by atoms with Crippen molar-refractivity contribution in [3.63, 3.8) is 0 Å². The molecule has 1 rings (SSSR count). The Labute approximate surface area is 132 Å². The van der Waals surface area contributed by atoms with Crippen molar-refractivity contribution in [2.45, 2.75) is 46.5 Å². The van der Waals surface area contributed by atoms with E-state index in [2.05, 4.69) is 17.6 Å². The first kappa shape index (κ1) is 18.0. The van der Waals surface area contributed by atoms with E-state index in [4.69, 9.17) is 4.74 Å². The fourth-order valence-corrected chi connectivity index (χ4v) is 1.91. The summed E-state index contributed by atoms with van der Waals surface area (Å²) >= 11 is 0. The lowest BCUT2D eigenvalue weighted by Gasteiger charge is -2.13. The number of nitrogens with one attached hydrogen (secondary N) is 2. The van der Waals surface area contributed by atoms with E-state index in [-0.39, 0.29) is 17.7 Å². The number of unbranched alkanes of at least 4 members (excludes halogenated alkanes) is 2. The minimum absolute atomic E-state index is 0.00512. The fourth-order valence-electron chi connectivity index (χ4n) is 1.91. The zero-order valence-corrected chi connectivity index (χ0v) is 13.9. The number of carbonyl (C=O) groups excluding carboxylic acids is 2. The van der Waals surface area contributed by atoms with Crippen LogP contribution in [0.15, 0.2) is 18.2 Å². The monoisotopic (exact) mass is 306 g/mol. The Kier molecular flexibility index (Phi) is 7.43. The van der Waals surface area contributed by atoms with Crippen LogP contribution in [-0.4, -0.2) is 18.9 Å². The van der Waals surface area contributed by atoms with Crippen molar-refractivity contribution in [3.8, 4) is 5.75 Å². The molecule has 0 atom stereocenters. The molecule has 5 nitrogen and oxygen atoms in total. The molecule has 0 radical (unpaired) electrons. The standard InChI is InChI=1S/C17H26N2O3/c1-5-6-7-8-16(20)18-13-9-10-14(15(11-13)22-4)19-17(21)12(2)3/h9-12H,5-8H2,1-4H3,(H,18,20)(H,19,21). The van der Waals surface area contributed by atoms with Crippen molar-refractivity contribution < 1.29 is 14.3 Å². The third-order valence-corrected chi connectivity index (χ3v) is 3.27. The molecule has 0 fully saturated rings. The molecular weight excluding hydrogens is 280 g/mol. The van der Waals surface area contributed by atoms with E-state index in [0.717, 1.165) is 19.3 Å². The molecule has 0 heterocycles. The van der Waals surface area contributed by atoms with Crippen molar-refractivity contribution in [1.29, 1.82) is 0 Å². The van der Waals surface area contributed by atoms with E-state index < -0.39 is 0 Å². The van der Waals surface area contributed by atoms with Crippen molar-refractivity contribution in [2.24, 2.45) is 5.92 Å². The first-order valence-electron chi connectivity index (χ1n) is 7.76. The molecule has 0 unspecified atom stereocenters. The summed E-state index contributed by atoms with van der Waals surface area (Å²) in [6, 6.07) is 5.21. The highest BCUT2D eigenvalue weighted by atomic mass is 16.5. The highest BCUT2D eigenvalue weighted by Gasteiger charge is 2.12. The summed E-state index contributed by atoms with van der Waals surface area (Å²) in [5.41, 5.74) is 1.27. The number of amides is 2. The topological polar surface area (TPSA) is 67.4 Å². The molecule has 0 spiro atoms. The van der Waals surface area contributed by atoms with Gasteiger partial charge in [-0.3, -0.25) is 9.59 Å². The van der Waals surface area contributed by atoms with Crippen molar-refractivity contribution >= 4 is 23.2 Å². The molecule has 0 bridgehead atoms. The van der Waals surface area contributed by atoms with Crippen LogP contribution < -0.4 is 15.4 Å². The summed E-state index contributed by atoms with van der Waals surface area (Å²) in [5, 5.41) is 5.65. The molecule has 0 saturated heterocycles. The summed E-state index contributed by atoms with van der Waals surface area (Å²) < 4.78 is 5.28. The van der Waals surface area contributed by atoms with Gasteiger partial charge in [0.05, 0.1) is 12.8 Å². The number of ether oxygens (including phenoxy) is 1. The van der Waals surface area contributed by atoms with Gasteiger partial charge in [-0.25, -0.2) is 0 Å². The highest BCUT2D eigenvalue weighted by Crippen LogP contribution is 2.28. The minimum Gasteiger partial charge on any atom is -0.494 e. The lowest BCUT2D eigenvalue weighted by atomic mass is 10.2. The number of hydrogen-bond acceptors (Lipinski definition) is 3. The molecule has 0 saturated carbocycles. The second kappa shape index (κ2) is 9.07. The molecule has 1 aromatic rings. The summed E-state index contributed by atoms with van der Waals surface area (Å²) in [7, 11) is 1.53. The smallest absolute Gasteiger partial charge is 0.227 e. The van der Waals surface area contributed by atoms with Gasteiger partial charge in [-0.2, -0.15) is 0 Å². The van der Waals surface area contributed by atoms with Gasteiger partial charge in [-0.15, -0.1) is 0 Å². The van der Waals surface area contributed by atoms with Gasteiger partial charge in [-0.05, 0) is 18.6 Å². The Morgan fingerprint density at radius 2 is 1.91 bits per heavy atom. The number of benzene rings is 1. The van der Waals surface area contributed by atoms with Gasteiger partial charge < -0.3 is 15.4 Å². The number of anilines is 2. The van der Waals surface area contributed by atoms with Crippen molar-refractivity contribution in [2.75, 3.05) is 17.7 Å². The lowest BCUT2D eigenvalue weighted by Crippen LogP contribution is -2.18. The van der Waals surface area contributed by atoms with Crippen LogP contribution in [0.4, 0.5) is 11.4 Å². The normalized spacial score (nSPS) is 10.4. The second-order valence-corrected chi connectivity index (χ2v) is 5.56. The van der Waals surface area contributed by atoms with Gasteiger partial charge in [0.25, 0.3) is 0 Å². The van der Waals surface area contributed by atoms with E-state index in [1.165, 1.54) is 7.11 Å². The molecule has 0 aliphatic rings. The van der Waals surface area contributed by atoms with E-state index in [9.17, 15) is 9.59 Å². The summed E-state index contributed by atoms with van der Waals surface area (Å²) in [5.74, 6) is 0.340. The molecule has 0 aliphatic heterocycles. The lowest BCUT2D eigenvalue weighted by molar-refractivity contribution is -0.119. The zero-order chi connectivity index (χ0) is 16.5. The molecule has 122 valence electrons. The number of methoxy groups -OCH3 is 1.